The van der Waals surface area contributed by atoms with Crippen molar-refractivity contribution in [1.82, 2.24) is 10.2 Å². The number of nitrogens with one attached hydrogen (secondary N) is 1. The Morgan fingerprint density at radius 1 is 1.47 bits per heavy atom. The molecule has 0 aromatic carbocycles. The normalized spacial score (nSPS) is 13.6. The van der Waals surface area contributed by atoms with Crippen LogP contribution in [0.5, 0.6) is 0 Å². The average Bonchev–Trinajstić information content (AvgIpc) is 2.25. The number of likely N-dealkylation sites (N-methyl/N-ethyl adjacent to an activating group) is 1. The van der Waals surface area contributed by atoms with Crippen molar-refractivity contribution in [3.63, 3.8) is 0 Å². The standard InChI is InChI=1S/C11H23N3O/c1-4-7-12-10-13-8-11(15)9-14(5-2)6-3/h4,7,11,13,15H,1,5-6,8-10H2,2-3H3/t11-/m0/s1. The molecule has 15 heavy (non-hydrogen) atoms. The number of nitrogens with zero attached hydrogens (tertiary/aromatic N) is 2. The molecule has 1 atom stereocenters. The predicted octanol–water partition coefficient (Wildman–Crippen LogP) is 0.493. The largest absolute Gasteiger partial charge is 0.390 e. The van der Waals surface area contributed by atoms with E-state index in [0.717, 1.165) is 13.1 Å². The molecular formula is C11H23N3O. The van der Waals surface area contributed by atoms with E-state index in [1.807, 2.05) is 0 Å². The van der Waals surface area contributed by atoms with Gasteiger partial charge in [0.1, 0.15) is 0 Å². The van der Waals surface area contributed by atoms with E-state index in [4.69, 9.17) is 0 Å². The molecule has 0 rings (SSSR count). The van der Waals surface area contributed by atoms with Gasteiger partial charge in [-0.2, -0.15) is 0 Å². The summed E-state index contributed by atoms with van der Waals surface area (Å²) in [6.45, 7) is 11.5. The molecule has 0 aliphatic heterocycles. The first-order chi connectivity index (χ1) is 7.24. The Labute approximate surface area is 92.7 Å². The highest BCUT2D eigenvalue weighted by molar-refractivity contribution is 5.69. The SMILES string of the molecule is C=CC=NCNC[C@H](O)CN(CC)CC. The van der Waals surface area contributed by atoms with Crippen LogP contribution in [-0.2, 0) is 0 Å². The maximum atomic E-state index is 9.66. The molecule has 0 fully saturated rings. The van der Waals surface area contributed by atoms with E-state index in [2.05, 4.69) is 35.6 Å². The highest BCUT2D eigenvalue weighted by Crippen LogP contribution is 1.90. The number of aliphatic hydroxyl groups is 1. The van der Waals surface area contributed by atoms with E-state index < -0.39 is 0 Å². The van der Waals surface area contributed by atoms with Crippen LogP contribution in [0.1, 0.15) is 13.8 Å². The zero-order valence-corrected chi connectivity index (χ0v) is 9.82. The van der Waals surface area contributed by atoms with Gasteiger partial charge in [-0.1, -0.05) is 26.5 Å². The van der Waals surface area contributed by atoms with Gasteiger partial charge in [0, 0.05) is 19.3 Å². The third-order valence-electron chi connectivity index (χ3n) is 2.16. The van der Waals surface area contributed by atoms with E-state index in [1.54, 1.807) is 12.3 Å². The molecule has 0 unspecified atom stereocenters. The Bertz CT molecular complexity index is 179. The van der Waals surface area contributed by atoms with Gasteiger partial charge in [0.05, 0.1) is 12.8 Å². The lowest BCUT2D eigenvalue weighted by Crippen LogP contribution is -2.38. The Hall–Kier alpha value is -0.710. The van der Waals surface area contributed by atoms with E-state index >= 15 is 0 Å². The van der Waals surface area contributed by atoms with Crippen molar-refractivity contribution >= 4 is 6.21 Å². The van der Waals surface area contributed by atoms with Gasteiger partial charge in [-0.25, -0.2) is 0 Å². The maximum Gasteiger partial charge on any atom is 0.0885 e. The third-order valence-corrected chi connectivity index (χ3v) is 2.16. The molecule has 0 aliphatic carbocycles. The van der Waals surface area contributed by atoms with Crippen LogP contribution in [0.2, 0.25) is 0 Å². The molecular weight excluding hydrogens is 190 g/mol. The van der Waals surface area contributed by atoms with Gasteiger partial charge in [-0.15, -0.1) is 0 Å². The molecule has 0 saturated heterocycles. The van der Waals surface area contributed by atoms with Crippen molar-refractivity contribution < 1.29 is 5.11 Å². The van der Waals surface area contributed by atoms with E-state index in [-0.39, 0.29) is 6.10 Å². The summed E-state index contributed by atoms with van der Waals surface area (Å²) in [4.78, 5) is 6.20. The molecule has 0 aromatic heterocycles. The van der Waals surface area contributed by atoms with Gasteiger partial charge in [0.2, 0.25) is 0 Å². The van der Waals surface area contributed by atoms with Crippen LogP contribution in [0.3, 0.4) is 0 Å². The minimum atomic E-state index is -0.330. The molecule has 0 amide bonds. The number of aliphatic hydroxyl groups excluding tert-OH is 1. The molecule has 0 heterocycles. The molecule has 2 N–H and O–H groups in total. The van der Waals surface area contributed by atoms with Crippen molar-refractivity contribution in [1.29, 1.82) is 0 Å². The second-order valence-electron chi connectivity index (χ2n) is 3.32. The Morgan fingerprint density at radius 2 is 2.13 bits per heavy atom. The van der Waals surface area contributed by atoms with Crippen LogP contribution < -0.4 is 5.32 Å². The van der Waals surface area contributed by atoms with Gasteiger partial charge in [0.25, 0.3) is 0 Å². The summed E-state index contributed by atoms with van der Waals surface area (Å²) in [7, 11) is 0. The molecule has 0 aromatic rings. The van der Waals surface area contributed by atoms with Crippen molar-refractivity contribution in [2.75, 3.05) is 32.8 Å². The first-order valence-corrected chi connectivity index (χ1v) is 5.46. The summed E-state index contributed by atoms with van der Waals surface area (Å²) >= 11 is 0. The first-order valence-electron chi connectivity index (χ1n) is 5.46. The maximum absolute atomic E-state index is 9.66. The number of aliphatic imine (C=N–C) groups is 1. The van der Waals surface area contributed by atoms with Crippen LogP contribution in [0.15, 0.2) is 17.6 Å². The molecule has 0 radical (unpaired) electrons. The van der Waals surface area contributed by atoms with Gasteiger partial charge >= 0.3 is 0 Å². The summed E-state index contributed by atoms with van der Waals surface area (Å²) < 4.78 is 0. The van der Waals surface area contributed by atoms with E-state index in [0.29, 0.717) is 19.8 Å². The Morgan fingerprint density at radius 3 is 2.67 bits per heavy atom. The predicted molar refractivity (Wildman–Crippen MR) is 65.4 cm³/mol. The zero-order valence-electron chi connectivity index (χ0n) is 9.82. The molecule has 0 saturated carbocycles. The summed E-state index contributed by atoms with van der Waals surface area (Å²) in [5, 5.41) is 12.7. The summed E-state index contributed by atoms with van der Waals surface area (Å²) in [6.07, 6.45) is 2.95. The number of allylic oxidation sites excluding steroid dienone is 1. The summed E-state index contributed by atoms with van der Waals surface area (Å²) in [5.41, 5.74) is 0. The summed E-state index contributed by atoms with van der Waals surface area (Å²) in [5.74, 6) is 0. The van der Waals surface area contributed by atoms with Crippen molar-refractivity contribution in [2.24, 2.45) is 4.99 Å². The quantitative estimate of drug-likeness (QED) is 0.433. The fourth-order valence-electron chi connectivity index (χ4n) is 1.27. The molecule has 0 aliphatic rings. The monoisotopic (exact) mass is 213 g/mol. The van der Waals surface area contributed by atoms with Crippen LogP contribution in [-0.4, -0.2) is 55.2 Å². The van der Waals surface area contributed by atoms with Gasteiger partial charge < -0.3 is 10.0 Å². The average molecular weight is 213 g/mol. The highest BCUT2D eigenvalue weighted by atomic mass is 16.3. The first kappa shape index (κ1) is 14.3. The molecule has 0 bridgehead atoms. The molecule has 88 valence electrons. The minimum Gasteiger partial charge on any atom is -0.390 e. The number of hydrogen-bond donors (Lipinski definition) is 2. The van der Waals surface area contributed by atoms with Crippen molar-refractivity contribution in [3.8, 4) is 0 Å². The highest BCUT2D eigenvalue weighted by Gasteiger charge is 2.07. The lowest BCUT2D eigenvalue weighted by Gasteiger charge is -2.21. The van der Waals surface area contributed by atoms with Crippen LogP contribution in [0, 0.1) is 0 Å². The molecule has 4 nitrogen and oxygen atoms in total. The number of rotatable bonds is 9. The molecule has 4 heteroatoms. The van der Waals surface area contributed by atoms with Crippen molar-refractivity contribution in [2.45, 2.75) is 20.0 Å². The van der Waals surface area contributed by atoms with Gasteiger partial charge in [-0.05, 0) is 13.1 Å². The Balaban J connectivity index is 3.51. The second kappa shape index (κ2) is 9.83. The smallest absolute Gasteiger partial charge is 0.0885 e. The summed E-state index contributed by atoms with van der Waals surface area (Å²) in [6, 6.07) is 0. The minimum absolute atomic E-state index is 0.330. The van der Waals surface area contributed by atoms with Crippen LogP contribution in [0.25, 0.3) is 0 Å². The topological polar surface area (TPSA) is 47.9 Å². The lowest BCUT2D eigenvalue weighted by atomic mass is 10.3. The van der Waals surface area contributed by atoms with Gasteiger partial charge in [0.15, 0.2) is 0 Å². The van der Waals surface area contributed by atoms with Gasteiger partial charge in [-0.3, -0.25) is 10.3 Å². The third kappa shape index (κ3) is 8.30. The Kier molecular flexibility index (Phi) is 9.36. The number of hydrogen-bond acceptors (Lipinski definition) is 4. The van der Waals surface area contributed by atoms with Crippen LogP contribution in [0.4, 0.5) is 0 Å². The fraction of sp³-hybridized carbons (Fsp3) is 0.727. The molecule has 0 spiro atoms. The van der Waals surface area contributed by atoms with Crippen LogP contribution >= 0.6 is 0 Å². The second-order valence-corrected chi connectivity index (χ2v) is 3.32. The fourth-order valence-corrected chi connectivity index (χ4v) is 1.27. The zero-order chi connectivity index (χ0) is 11.5. The van der Waals surface area contributed by atoms with E-state index in [9.17, 15) is 5.11 Å². The van der Waals surface area contributed by atoms with Crippen molar-refractivity contribution in [3.05, 3.63) is 12.7 Å². The lowest BCUT2D eigenvalue weighted by molar-refractivity contribution is 0.117. The van der Waals surface area contributed by atoms with E-state index in [1.165, 1.54) is 0 Å².